The van der Waals surface area contributed by atoms with Crippen LogP contribution in [0.1, 0.15) is 116 Å². The van der Waals surface area contributed by atoms with Crippen molar-refractivity contribution in [1.82, 2.24) is 106 Å². The number of carbonyl (C=O) groups excluding carboxylic acids is 20. The van der Waals surface area contributed by atoms with E-state index in [1.165, 1.54) is 16.8 Å². The summed E-state index contributed by atoms with van der Waals surface area (Å²) in [4.78, 5) is 314. The summed E-state index contributed by atoms with van der Waals surface area (Å²) in [7, 11) is 3.64. The third-order valence-electron chi connectivity index (χ3n) is 21.4. The molecule has 2 aromatic carbocycles. The van der Waals surface area contributed by atoms with Crippen LogP contribution in [0.4, 0.5) is 0 Å². The number of Topliss-reactive ketones (excluding diaryl/α,β-unsaturated/α-hetero) is 1. The zero-order chi connectivity index (χ0) is 103. The monoisotopic (exact) mass is 1980 g/mol. The second-order valence-corrected chi connectivity index (χ2v) is 35.1. The first kappa shape index (κ1) is 117. The Labute approximate surface area is 799 Å². The van der Waals surface area contributed by atoms with Crippen LogP contribution in [0.25, 0.3) is 0 Å². The van der Waals surface area contributed by atoms with Crippen molar-refractivity contribution < 1.29 is 146 Å². The van der Waals surface area contributed by atoms with E-state index in [0.717, 1.165) is 21.6 Å². The topological polar surface area (TPSA) is 806 Å². The van der Waals surface area contributed by atoms with Gasteiger partial charge in [0.1, 0.15) is 66.5 Å². The fourth-order valence-electron chi connectivity index (χ4n) is 13.7. The summed E-state index contributed by atoms with van der Waals surface area (Å²) in [6.07, 6.45) is -3.28. The number of benzene rings is 2. The molecule has 0 spiro atoms. The number of primary amides is 2. The molecular weight excluding hydrogens is 1860 g/mol. The summed E-state index contributed by atoms with van der Waals surface area (Å²) in [5.41, 5.74) is 17.1. The van der Waals surface area contributed by atoms with Gasteiger partial charge in [-0.15, -0.1) is 0 Å². The Bertz CT molecular complexity index is 4340. The fourth-order valence-corrected chi connectivity index (χ4v) is 16.4. The van der Waals surface area contributed by atoms with Crippen molar-refractivity contribution >= 4 is 163 Å². The van der Waals surface area contributed by atoms with Crippen LogP contribution in [-0.4, -0.2) is 352 Å². The minimum atomic E-state index is -1.99. The summed E-state index contributed by atoms with van der Waals surface area (Å²) in [6.45, 7) is 0.504. The van der Waals surface area contributed by atoms with Crippen molar-refractivity contribution in [3.8, 4) is 0 Å². The number of carboxylic acids is 4. The van der Waals surface area contributed by atoms with Crippen LogP contribution in [-0.2, 0) is 128 Å². The lowest BCUT2D eigenvalue weighted by Gasteiger charge is -2.28. The first-order valence-corrected chi connectivity index (χ1v) is 46.4. The van der Waals surface area contributed by atoms with E-state index in [4.69, 9.17) is 11.5 Å². The lowest BCUT2D eigenvalue weighted by atomic mass is 10.0. The van der Waals surface area contributed by atoms with Crippen molar-refractivity contribution in [2.75, 3.05) is 90.7 Å². The van der Waals surface area contributed by atoms with Crippen molar-refractivity contribution in [3.63, 3.8) is 0 Å². The highest BCUT2D eigenvalue weighted by Gasteiger charge is 2.41. The maximum Gasteiger partial charge on any atom is 0.305 e. The maximum atomic E-state index is 13.7. The third kappa shape index (κ3) is 41.9. The predicted molar refractivity (Wildman–Crippen MR) is 487 cm³/mol. The summed E-state index contributed by atoms with van der Waals surface area (Å²) < 4.78 is 0. The van der Waals surface area contributed by atoms with Gasteiger partial charge in [-0.1, -0.05) is 117 Å². The van der Waals surface area contributed by atoms with Gasteiger partial charge in [0.25, 0.3) is 0 Å². The maximum absolute atomic E-state index is 13.7. The minimum Gasteiger partial charge on any atom is -0.481 e. The van der Waals surface area contributed by atoms with Crippen LogP contribution in [0, 0.1) is 17.8 Å². The van der Waals surface area contributed by atoms with Gasteiger partial charge in [-0.05, 0) is 75.0 Å². The summed E-state index contributed by atoms with van der Waals surface area (Å²) in [5.74, 6) is -26.4. The standard InChI is InChI=1S/C84H124N22O30S2/c1-7-47(74(126)104-103-49(23-25-67(118)119)76(128)94-36-63(113)96-53(31-69(122)123)80(132)100-55(40-108)78(130)92-34-61(111)90-38-65(115)106-27-15-21-58(106)84(136)98-51(29-46-18-12-9-13-19-46)82(134)102-71(44(4)5)73(86)125)41-137-138-42-56(87-6)59(109)32-88-48(22-24-66(116)117)75(127)93-35-62(112)95-52(30-68(120)121)79(131)99-54(39-107)77(129)91-33-60(110)89-37-64(114)105-26-14-20-57(105)83(135)97-50(28-45-16-10-8-11-17-45)81(133)101-70(43(2)3)72(85)124/h8-13,16-19,43-44,47-58,70-71,87-88,103,107-108H,7,14-15,20-42H2,1-6H3,(H2,85,124)(H2,86,125)(H,89,110)(H,90,111)(H,91,129)(H,92,130)(H,93,127)(H,94,128)(H,95,112)(H,96,113)(H,97,135)(H,98,136)(H,99,131)(H,100,132)(H,101,133)(H,102,134)(H,104,126)(H,116,117)(H,118,119)(H,120,121)(H,122,123)/t47?,48?,49?,50-,51-,52?,53?,54-,55-,56?,57-,58-,70-,71-/m0/s1. The Kier molecular flexibility index (Phi) is 51.4. The molecule has 0 aromatic heterocycles. The summed E-state index contributed by atoms with van der Waals surface area (Å²) >= 11 is 0. The van der Waals surface area contributed by atoms with E-state index < -0.39 is 336 Å². The van der Waals surface area contributed by atoms with Gasteiger partial charge in [-0.3, -0.25) is 126 Å². The highest BCUT2D eigenvalue weighted by molar-refractivity contribution is 8.76. The number of nitrogens with zero attached hydrogens (tertiary/aromatic N) is 2. The number of carbonyl (C=O) groups is 24. The van der Waals surface area contributed by atoms with Gasteiger partial charge in [0, 0.05) is 56.2 Å². The van der Waals surface area contributed by atoms with E-state index in [2.05, 4.69) is 85.3 Å². The SMILES string of the molecule is CCC(CSSCC(NC)C(=O)CNC(CCC(=O)O)C(=O)NCC(=O)NC(CC(=O)O)C(=O)N[C@@H](CO)C(=O)NCC(=O)NCC(=O)N1CCC[C@H]1C(=O)N[C@@H](Cc1ccccc1)C(=O)N[C@H](C(N)=O)C(C)C)C(=O)NNC(CCC(=O)O)C(=O)NCC(=O)NC(CC(=O)O)C(=O)N[C@@H](CO)C(=O)NCC(=O)NCC(=O)N1CCC[C@H]1C(=O)N[C@@H](Cc1ccccc1)C(=O)N[C@H](C(N)=O)C(C)C. The molecule has 4 rings (SSSR count). The molecule has 2 aliphatic rings. The van der Waals surface area contributed by atoms with Crippen LogP contribution in [0.15, 0.2) is 60.7 Å². The van der Waals surface area contributed by atoms with Crippen molar-refractivity contribution in [2.45, 2.75) is 197 Å². The fraction of sp³-hybridized carbons (Fsp3) is 0.571. The first-order valence-electron chi connectivity index (χ1n) is 43.9. The Morgan fingerprint density at radius 1 is 0.399 bits per heavy atom. The van der Waals surface area contributed by atoms with Gasteiger partial charge >= 0.3 is 23.9 Å². The number of hydrogen-bond donors (Lipinski definition) is 26. The van der Waals surface area contributed by atoms with E-state index in [1.54, 1.807) is 95.3 Å². The van der Waals surface area contributed by atoms with Crippen LogP contribution in [0.3, 0.4) is 0 Å². The molecule has 19 amide bonds. The van der Waals surface area contributed by atoms with Gasteiger partial charge in [-0.2, -0.15) is 0 Å². The Balaban J connectivity index is 1.22. The quantitative estimate of drug-likeness (QED) is 0.0166. The van der Waals surface area contributed by atoms with Gasteiger partial charge in [0.2, 0.25) is 112 Å². The smallest absolute Gasteiger partial charge is 0.305 e. The molecule has 6 unspecified atom stereocenters. The molecule has 0 radical (unpaired) electrons. The second-order valence-electron chi connectivity index (χ2n) is 32.6. The van der Waals surface area contributed by atoms with Crippen molar-refractivity contribution in [2.24, 2.45) is 29.2 Å². The molecule has 2 fully saturated rings. The molecule has 0 saturated carbocycles. The number of aliphatic hydroxyl groups excluding tert-OH is 2. The lowest BCUT2D eigenvalue weighted by molar-refractivity contribution is -0.142. The Hall–Kier alpha value is -13.6. The Morgan fingerprint density at radius 2 is 0.768 bits per heavy atom. The molecule has 52 nitrogen and oxygen atoms in total. The van der Waals surface area contributed by atoms with E-state index >= 15 is 0 Å². The number of aliphatic carboxylic acids is 4. The zero-order valence-electron chi connectivity index (χ0n) is 76.7. The molecule has 138 heavy (non-hydrogen) atoms. The molecule has 2 saturated heterocycles. The number of hydrogen-bond acceptors (Lipinski definition) is 31. The molecule has 762 valence electrons. The zero-order valence-corrected chi connectivity index (χ0v) is 78.4. The summed E-state index contributed by atoms with van der Waals surface area (Å²) in [5, 5.41) is 95.7. The molecule has 0 bridgehead atoms. The van der Waals surface area contributed by atoms with Crippen LogP contribution in [0.5, 0.6) is 0 Å². The van der Waals surface area contributed by atoms with Gasteiger partial charge in [0.05, 0.1) is 84.0 Å². The number of aliphatic hydroxyl groups is 2. The number of amides is 19. The first-order chi connectivity index (χ1) is 65.3. The van der Waals surface area contributed by atoms with Crippen molar-refractivity contribution in [1.29, 1.82) is 0 Å². The molecular formula is C84H124N22O30S2. The number of nitrogens with one attached hydrogen (secondary N) is 18. The number of hydrazine groups is 1. The van der Waals surface area contributed by atoms with Gasteiger partial charge < -0.3 is 132 Å². The second kappa shape index (κ2) is 60.8. The predicted octanol–water partition coefficient (Wildman–Crippen LogP) is -10.5. The van der Waals surface area contributed by atoms with Crippen LogP contribution >= 0.6 is 21.6 Å². The number of likely N-dealkylation sites (N-methyl/N-ethyl adjacent to an activating group) is 1. The molecule has 2 heterocycles. The third-order valence-corrected chi connectivity index (χ3v) is 23.9. The number of likely N-dealkylation sites (tertiary alicyclic amines) is 2. The van der Waals surface area contributed by atoms with Gasteiger partial charge in [0.15, 0.2) is 5.78 Å². The van der Waals surface area contributed by atoms with E-state index in [-0.39, 0.29) is 56.7 Å². The largest absolute Gasteiger partial charge is 0.481 e. The molecule has 0 aliphatic carbocycles. The number of nitrogens with two attached hydrogens (primary N) is 2. The minimum absolute atomic E-state index is 0.00219. The average Bonchev–Trinajstić information content (AvgIpc) is 1.69. The van der Waals surface area contributed by atoms with Gasteiger partial charge in [-0.25, -0.2) is 5.43 Å². The van der Waals surface area contributed by atoms with Crippen LogP contribution < -0.4 is 107 Å². The van der Waals surface area contributed by atoms with E-state index in [1.807, 2.05) is 10.6 Å². The van der Waals surface area contributed by atoms with Crippen molar-refractivity contribution in [3.05, 3.63) is 71.8 Å². The average molecular weight is 1990 g/mol. The van der Waals surface area contributed by atoms with Crippen LogP contribution in [0.2, 0.25) is 0 Å². The normalized spacial score (nSPS) is 15.8. The highest BCUT2D eigenvalue weighted by atomic mass is 33.1. The van der Waals surface area contributed by atoms with E-state index in [9.17, 15) is 146 Å². The molecule has 54 heteroatoms. The Morgan fingerprint density at radius 3 is 1.13 bits per heavy atom. The molecule has 14 atom stereocenters. The summed E-state index contributed by atoms with van der Waals surface area (Å²) in [6, 6.07) is -1.22. The molecule has 2 aliphatic heterocycles. The van der Waals surface area contributed by atoms with E-state index in [0.29, 0.717) is 24.0 Å². The highest BCUT2D eigenvalue weighted by Crippen LogP contribution is 2.27. The molecule has 28 N–H and O–H groups in total. The number of ketones is 1. The number of rotatable bonds is 64. The number of carboxylic acid groups (broad SMARTS) is 4. The lowest BCUT2D eigenvalue weighted by Crippen LogP contribution is -2.58. The molecule has 2 aromatic rings.